The fourth-order valence-corrected chi connectivity index (χ4v) is 2.25. The van der Waals surface area contributed by atoms with Crippen LogP contribution in [-0.2, 0) is 25.5 Å². The second-order valence-electron chi connectivity index (χ2n) is 5.11. The zero-order valence-electron chi connectivity index (χ0n) is 11.5. The van der Waals surface area contributed by atoms with Crippen molar-refractivity contribution in [3.63, 3.8) is 0 Å². The largest absolute Gasteiger partial charge is 0.463 e. The molecule has 3 atom stereocenters. The Morgan fingerprint density at radius 3 is 2.60 bits per heavy atom. The molecule has 1 unspecified atom stereocenters. The first-order valence-electron chi connectivity index (χ1n) is 6.73. The van der Waals surface area contributed by atoms with Crippen molar-refractivity contribution in [2.75, 3.05) is 6.61 Å². The Hall–Kier alpha value is -1.88. The third kappa shape index (κ3) is 3.81. The molecule has 1 aliphatic rings. The van der Waals surface area contributed by atoms with Gasteiger partial charge < -0.3 is 15.2 Å². The molecule has 20 heavy (non-hydrogen) atoms. The molecule has 2 N–H and O–H groups in total. The second kappa shape index (κ2) is 6.52. The molecule has 1 aromatic carbocycles. The van der Waals surface area contributed by atoms with Crippen molar-refractivity contribution in [1.29, 1.82) is 0 Å². The van der Waals surface area contributed by atoms with Crippen molar-refractivity contribution < 1.29 is 19.1 Å². The van der Waals surface area contributed by atoms with E-state index in [2.05, 4.69) is 0 Å². The summed E-state index contributed by atoms with van der Waals surface area (Å²) in [5.74, 6) is -1.18. The molecule has 0 bridgehead atoms. The van der Waals surface area contributed by atoms with Gasteiger partial charge in [-0.05, 0) is 25.3 Å². The van der Waals surface area contributed by atoms with E-state index in [4.69, 9.17) is 15.2 Å². The number of carbonyl (C=O) groups excluding carboxylic acids is 2. The maximum Gasteiger partial charge on any atom is 0.326 e. The lowest BCUT2D eigenvalue weighted by molar-refractivity contribution is -0.151. The molecule has 1 aliphatic heterocycles. The van der Waals surface area contributed by atoms with Gasteiger partial charge in [0.25, 0.3) is 0 Å². The van der Waals surface area contributed by atoms with E-state index in [9.17, 15) is 9.59 Å². The van der Waals surface area contributed by atoms with E-state index in [1.165, 1.54) is 0 Å². The Morgan fingerprint density at radius 2 is 1.90 bits per heavy atom. The SMILES string of the molecule is C[C@H]1C[C@@H](Cc2ccccc2)C(=O)OCC(N)C(=O)O1. The molecule has 0 saturated carbocycles. The molecule has 5 heteroatoms. The minimum Gasteiger partial charge on any atom is -0.463 e. The Kier molecular flexibility index (Phi) is 4.74. The molecule has 108 valence electrons. The quantitative estimate of drug-likeness (QED) is 0.817. The third-order valence-electron chi connectivity index (χ3n) is 3.30. The summed E-state index contributed by atoms with van der Waals surface area (Å²) in [7, 11) is 0. The summed E-state index contributed by atoms with van der Waals surface area (Å²) in [5.41, 5.74) is 6.64. The Morgan fingerprint density at radius 1 is 1.20 bits per heavy atom. The van der Waals surface area contributed by atoms with E-state index in [1.54, 1.807) is 6.92 Å². The van der Waals surface area contributed by atoms with Crippen LogP contribution >= 0.6 is 0 Å². The highest BCUT2D eigenvalue weighted by Gasteiger charge is 2.29. The maximum atomic E-state index is 12.1. The monoisotopic (exact) mass is 277 g/mol. The van der Waals surface area contributed by atoms with E-state index < -0.39 is 12.0 Å². The summed E-state index contributed by atoms with van der Waals surface area (Å²) >= 11 is 0. The van der Waals surface area contributed by atoms with E-state index in [-0.39, 0.29) is 24.6 Å². The summed E-state index contributed by atoms with van der Waals surface area (Å²) < 4.78 is 10.3. The molecular weight excluding hydrogens is 258 g/mol. The number of benzene rings is 1. The molecule has 1 heterocycles. The molecule has 0 aromatic heterocycles. The van der Waals surface area contributed by atoms with Crippen molar-refractivity contribution >= 4 is 11.9 Å². The van der Waals surface area contributed by atoms with Crippen molar-refractivity contribution in [2.45, 2.75) is 31.9 Å². The van der Waals surface area contributed by atoms with Crippen LogP contribution in [0.4, 0.5) is 0 Å². The summed E-state index contributed by atoms with van der Waals surface area (Å²) in [6.45, 7) is 1.64. The van der Waals surface area contributed by atoms with Gasteiger partial charge in [0.2, 0.25) is 0 Å². The van der Waals surface area contributed by atoms with E-state index in [0.29, 0.717) is 12.8 Å². The van der Waals surface area contributed by atoms with Crippen LogP contribution in [0.25, 0.3) is 0 Å². The molecular formula is C15H19NO4. The van der Waals surface area contributed by atoms with E-state index >= 15 is 0 Å². The van der Waals surface area contributed by atoms with Gasteiger partial charge in [0, 0.05) is 0 Å². The van der Waals surface area contributed by atoms with Gasteiger partial charge in [0.15, 0.2) is 0 Å². The molecule has 0 radical (unpaired) electrons. The average Bonchev–Trinajstić information content (AvgIpc) is 2.47. The van der Waals surface area contributed by atoms with Crippen LogP contribution in [-0.4, -0.2) is 30.7 Å². The maximum absolute atomic E-state index is 12.1. The van der Waals surface area contributed by atoms with Crippen molar-refractivity contribution in [3.05, 3.63) is 35.9 Å². The Balaban J connectivity index is 2.10. The number of carbonyl (C=O) groups is 2. The number of cyclic esters (lactones) is 2. The first-order chi connectivity index (χ1) is 9.56. The fraction of sp³-hybridized carbons (Fsp3) is 0.467. The van der Waals surface area contributed by atoms with Crippen LogP contribution in [0.2, 0.25) is 0 Å². The normalized spacial score (nSPS) is 27.8. The smallest absolute Gasteiger partial charge is 0.326 e. The molecule has 1 saturated heterocycles. The zero-order chi connectivity index (χ0) is 14.5. The van der Waals surface area contributed by atoms with Crippen LogP contribution in [0.1, 0.15) is 18.9 Å². The highest BCUT2D eigenvalue weighted by Crippen LogP contribution is 2.19. The number of ether oxygens (including phenoxy) is 2. The highest BCUT2D eigenvalue weighted by molar-refractivity contribution is 5.78. The van der Waals surface area contributed by atoms with Gasteiger partial charge in [-0.2, -0.15) is 0 Å². The lowest BCUT2D eigenvalue weighted by Gasteiger charge is -2.18. The number of hydrogen-bond acceptors (Lipinski definition) is 5. The first-order valence-corrected chi connectivity index (χ1v) is 6.73. The minimum atomic E-state index is -0.906. The van der Waals surface area contributed by atoms with Gasteiger partial charge in [-0.1, -0.05) is 30.3 Å². The molecule has 0 spiro atoms. The van der Waals surface area contributed by atoms with Gasteiger partial charge in [-0.15, -0.1) is 0 Å². The summed E-state index contributed by atoms with van der Waals surface area (Å²) in [5, 5.41) is 0. The van der Waals surface area contributed by atoms with Gasteiger partial charge in [0.05, 0.1) is 12.0 Å². The molecule has 5 nitrogen and oxygen atoms in total. The Bertz CT molecular complexity index is 474. The number of rotatable bonds is 2. The van der Waals surface area contributed by atoms with Gasteiger partial charge in [-0.25, -0.2) is 0 Å². The lowest BCUT2D eigenvalue weighted by Crippen LogP contribution is -2.37. The average molecular weight is 277 g/mol. The third-order valence-corrected chi connectivity index (χ3v) is 3.30. The van der Waals surface area contributed by atoms with Crippen molar-refractivity contribution in [2.24, 2.45) is 11.7 Å². The van der Waals surface area contributed by atoms with E-state index in [1.807, 2.05) is 30.3 Å². The standard InChI is InChI=1S/C15H19NO4/c1-10-7-12(8-11-5-3-2-4-6-11)14(17)19-9-13(16)15(18)20-10/h2-6,10,12-13H,7-9,16H2,1H3/t10-,12-,13?/m0/s1. The topological polar surface area (TPSA) is 78.6 Å². The van der Waals surface area contributed by atoms with Gasteiger partial charge in [-0.3, -0.25) is 9.59 Å². The zero-order valence-corrected chi connectivity index (χ0v) is 11.5. The van der Waals surface area contributed by atoms with Crippen LogP contribution < -0.4 is 5.73 Å². The summed E-state index contributed by atoms with van der Waals surface area (Å²) in [6.07, 6.45) is 0.649. The highest BCUT2D eigenvalue weighted by atomic mass is 16.6. The van der Waals surface area contributed by atoms with Crippen LogP contribution in [0.15, 0.2) is 30.3 Å². The van der Waals surface area contributed by atoms with Crippen LogP contribution in [0.5, 0.6) is 0 Å². The second-order valence-corrected chi connectivity index (χ2v) is 5.11. The lowest BCUT2D eigenvalue weighted by atomic mass is 9.94. The molecule has 1 fully saturated rings. The first kappa shape index (κ1) is 14.5. The Labute approximate surface area is 118 Å². The minimum absolute atomic E-state index is 0.129. The predicted molar refractivity (Wildman–Crippen MR) is 72.7 cm³/mol. The van der Waals surface area contributed by atoms with Crippen LogP contribution in [0, 0.1) is 5.92 Å². The van der Waals surface area contributed by atoms with Gasteiger partial charge in [0.1, 0.15) is 12.6 Å². The van der Waals surface area contributed by atoms with Crippen molar-refractivity contribution in [1.82, 2.24) is 0 Å². The number of esters is 2. The number of nitrogens with two attached hydrogens (primary N) is 1. The predicted octanol–water partition coefficient (Wildman–Crippen LogP) is 1.05. The molecule has 1 aromatic rings. The van der Waals surface area contributed by atoms with Gasteiger partial charge >= 0.3 is 11.9 Å². The number of hydrogen-bond donors (Lipinski definition) is 1. The fourth-order valence-electron chi connectivity index (χ4n) is 2.25. The van der Waals surface area contributed by atoms with E-state index in [0.717, 1.165) is 5.56 Å². The molecule has 0 amide bonds. The van der Waals surface area contributed by atoms with Crippen molar-refractivity contribution in [3.8, 4) is 0 Å². The van der Waals surface area contributed by atoms with Crippen LogP contribution in [0.3, 0.4) is 0 Å². The summed E-state index contributed by atoms with van der Waals surface area (Å²) in [6, 6.07) is 8.79. The summed E-state index contributed by atoms with van der Waals surface area (Å²) in [4.78, 5) is 23.6. The molecule has 2 rings (SSSR count). The molecule has 0 aliphatic carbocycles.